The summed E-state index contributed by atoms with van der Waals surface area (Å²) in [5, 5.41) is 12.4. The maximum atomic E-state index is 11.0. The second-order valence-electron chi connectivity index (χ2n) is 6.48. The van der Waals surface area contributed by atoms with Crippen molar-refractivity contribution < 1.29 is 14.6 Å². The van der Waals surface area contributed by atoms with Crippen LogP contribution in [-0.4, -0.2) is 27.1 Å². The first kappa shape index (κ1) is 17.2. The normalized spacial score (nSPS) is 20.0. The van der Waals surface area contributed by atoms with Crippen LogP contribution < -0.4 is 10.1 Å². The molecular formula is C19H23N3O3. The van der Waals surface area contributed by atoms with Crippen molar-refractivity contribution in [2.75, 3.05) is 5.32 Å². The summed E-state index contributed by atoms with van der Waals surface area (Å²) in [7, 11) is 0. The number of carbonyl (C=O) groups is 1. The Hall–Kier alpha value is -2.63. The van der Waals surface area contributed by atoms with E-state index in [1.165, 1.54) is 0 Å². The molecule has 2 aromatic rings. The first-order chi connectivity index (χ1) is 12.1. The molecule has 1 aliphatic carbocycles. The molecule has 132 valence electrons. The van der Waals surface area contributed by atoms with Crippen LogP contribution in [0.25, 0.3) is 0 Å². The number of aromatic nitrogens is 2. The molecule has 0 aliphatic heterocycles. The van der Waals surface area contributed by atoms with E-state index in [1.807, 2.05) is 43.3 Å². The number of nitrogens with one attached hydrogen (secondary N) is 1. The minimum atomic E-state index is -0.693. The molecule has 1 saturated carbocycles. The summed E-state index contributed by atoms with van der Waals surface area (Å²) in [6, 6.07) is 12.0. The molecule has 0 amide bonds. The summed E-state index contributed by atoms with van der Waals surface area (Å²) in [6.07, 6.45) is 3.01. The fourth-order valence-electron chi connectivity index (χ4n) is 3.08. The highest BCUT2D eigenvalue weighted by atomic mass is 16.5. The van der Waals surface area contributed by atoms with Gasteiger partial charge in [-0.2, -0.15) is 4.98 Å². The van der Waals surface area contributed by atoms with Gasteiger partial charge in [0.25, 0.3) is 0 Å². The molecular weight excluding hydrogens is 318 g/mol. The minimum absolute atomic E-state index is 0.208. The first-order valence-corrected chi connectivity index (χ1v) is 8.62. The summed E-state index contributed by atoms with van der Waals surface area (Å²) < 4.78 is 5.78. The van der Waals surface area contributed by atoms with Gasteiger partial charge in [-0.15, -0.1) is 0 Å². The molecule has 1 aromatic heterocycles. The van der Waals surface area contributed by atoms with Crippen LogP contribution in [-0.2, 0) is 11.4 Å². The number of carboxylic acid groups (broad SMARTS) is 1. The molecule has 0 radical (unpaired) electrons. The van der Waals surface area contributed by atoms with E-state index in [4.69, 9.17) is 9.84 Å². The summed E-state index contributed by atoms with van der Waals surface area (Å²) in [5.74, 6) is 0.169. The SMILES string of the molecule is Cc1cc(OCc2ccccc2)nc(NC2CCC(C(=O)O)CC2)n1. The van der Waals surface area contributed by atoms with Crippen molar-refractivity contribution in [3.05, 3.63) is 47.7 Å². The van der Waals surface area contributed by atoms with Crippen molar-refractivity contribution in [2.24, 2.45) is 5.92 Å². The van der Waals surface area contributed by atoms with E-state index in [2.05, 4.69) is 15.3 Å². The summed E-state index contributed by atoms with van der Waals surface area (Å²) in [6.45, 7) is 2.37. The van der Waals surface area contributed by atoms with E-state index < -0.39 is 5.97 Å². The number of nitrogens with zero attached hydrogens (tertiary/aromatic N) is 2. The molecule has 6 heteroatoms. The van der Waals surface area contributed by atoms with Crippen LogP contribution in [0.4, 0.5) is 5.95 Å². The number of carboxylic acids is 1. The third-order valence-electron chi connectivity index (χ3n) is 4.47. The molecule has 25 heavy (non-hydrogen) atoms. The molecule has 1 aliphatic rings. The van der Waals surface area contributed by atoms with Gasteiger partial charge in [-0.3, -0.25) is 4.79 Å². The lowest BCUT2D eigenvalue weighted by molar-refractivity contribution is -0.142. The van der Waals surface area contributed by atoms with Crippen molar-refractivity contribution in [1.82, 2.24) is 9.97 Å². The second-order valence-corrected chi connectivity index (χ2v) is 6.48. The van der Waals surface area contributed by atoms with E-state index in [0.29, 0.717) is 31.3 Å². The number of hydrogen-bond acceptors (Lipinski definition) is 5. The molecule has 0 saturated heterocycles. The first-order valence-electron chi connectivity index (χ1n) is 8.62. The number of hydrogen-bond donors (Lipinski definition) is 2. The number of aliphatic carboxylic acids is 1. The molecule has 2 N–H and O–H groups in total. The van der Waals surface area contributed by atoms with Gasteiger partial charge in [-0.1, -0.05) is 30.3 Å². The molecule has 1 fully saturated rings. The third kappa shape index (κ3) is 4.92. The van der Waals surface area contributed by atoms with Gasteiger partial charge in [-0.25, -0.2) is 4.98 Å². The van der Waals surface area contributed by atoms with E-state index in [-0.39, 0.29) is 12.0 Å². The average Bonchev–Trinajstić information content (AvgIpc) is 2.61. The predicted octanol–water partition coefficient (Wildman–Crippen LogP) is 3.42. The van der Waals surface area contributed by atoms with Crippen molar-refractivity contribution in [1.29, 1.82) is 0 Å². The van der Waals surface area contributed by atoms with Crippen molar-refractivity contribution in [3.8, 4) is 5.88 Å². The van der Waals surface area contributed by atoms with E-state index in [9.17, 15) is 4.79 Å². The molecule has 0 atom stereocenters. The zero-order valence-corrected chi connectivity index (χ0v) is 14.3. The zero-order valence-electron chi connectivity index (χ0n) is 14.3. The Morgan fingerprint density at radius 1 is 1.20 bits per heavy atom. The van der Waals surface area contributed by atoms with Crippen LogP contribution in [0.1, 0.15) is 36.9 Å². The van der Waals surface area contributed by atoms with E-state index in [1.54, 1.807) is 0 Å². The van der Waals surface area contributed by atoms with Crippen LogP contribution in [0.2, 0.25) is 0 Å². The van der Waals surface area contributed by atoms with Gasteiger partial charge in [0.1, 0.15) is 6.61 Å². The highest BCUT2D eigenvalue weighted by molar-refractivity contribution is 5.70. The molecule has 1 aromatic carbocycles. The van der Waals surface area contributed by atoms with Gasteiger partial charge in [-0.05, 0) is 38.2 Å². The topological polar surface area (TPSA) is 84.3 Å². The lowest BCUT2D eigenvalue weighted by Gasteiger charge is -2.26. The Kier molecular flexibility index (Phi) is 5.48. The highest BCUT2D eigenvalue weighted by Gasteiger charge is 2.26. The Bertz CT molecular complexity index is 713. The molecule has 0 unspecified atom stereocenters. The van der Waals surface area contributed by atoms with Gasteiger partial charge in [0, 0.05) is 17.8 Å². The summed E-state index contributed by atoms with van der Waals surface area (Å²) in [5.41, 5.74) is 1.92. The van der Waals surface area contributed by atoms with Crippen LogP contribution in [0, 0.1) is 12.8 Å². The van der Waals surface area contributed by atoms with Gasteiger partial charge in [0.05, 0.1) is 5.92 Å². The summed E-state index contributed by atoms with van der Waals surface area (Å²) >= 11 is 0. The lowest BCUT2D eigenvalue weighted by Crippen LogP contribution is -2.30. The number of benzene rings is 1. The molecule has 0 spiro atoms. The maximum absolute atomic E-state index is 11.0. The average molecular weight is 341 g/mol. The Labute approximate surface area is 147 Å². The van der Waals surface area contributed by atoms with Crippen molar-refractivity contribution in [2.45, 2.75) is 45.3 Å². The largest absolute Gasteiger partial charge is 0.481 e. The van der Waals surface area contributed by atoms with E-state index in [0.717, 1.165) is 24.1 Å². The quantitative estimate of drug-likeness (QED) is 0.837. The second kappa shape index (κ2) is 7.96. The van der Waals surface area contributed by atoms with Gasteiger partial charge in [0.2, 0.25) is 11.8 Å². The fraction of sp³-hybridized carbons (Fsp3) is 0.421. The fourth-order valence-corrected chi connectivity index (χ4v) is 3.08. The van der Waals surface area contributed by atoms with Crippen molar-refractivity contribution in [3.63, 3.8) is 0 Å². The third-order valence-corrected chi connectivity index (χ3v) is 4.47. The molecule has 3 rings (SSSR count). The van der Waals surface area contributed by atoms with Crippen LogP contribution in [0.3, 0.4) is 0 Å². The standard InChI is InChI=1S/C19H23N3O3/c1-13-11-17(25-12-14-5-3-2-4-6-14)22-19(20-13)21-16-9-7-15(8-10-16)18(23)24/h2-6,11,15-16H,7-10,12H2,1H3,(H,23,24)(H,20,21,22). The van der Waals surface area contributed by atoms with Gasteiger partial charge in [0.15, 0.2) is 0 Å². The van der Waals surface area contributed by atoms with E-state index >= 15 is 0 Å². The predicted molar refractivity (Wildman–Crippen MR) is 94.5 cm³/mol. The number of anilines is 1. The number of ether oxygens (including phenoxy) is 1. The van der Waals surface area contributed by atoms with Crippen molar-refractivity contribution >= 4 is 11.9 Å². The van der Waals surface area contributed by atoms with Gasteiger partial charge >= 0.3 is 5.97 Å². The maximum Gasteiger partial charge on any atom is 0.306 e. The smallest absolute Gasteiger partial charge is 0.306 e. The minimum Gasteiger partial charge on any atom is -0.481 e. The van der Waals surface area contributed by atoms with Crippen LogP contribution in [0.5, 0.6) is 5.88 Å². The Balaban J connectivity index is 1.59. The van der Waals surface area contributed by atoms with Crippen LogP contribution >= 0.6 is 0 Å². The summed E-state index contributed by atoms with van der Waals surface area (Å²) in [4.78, 5) is 19.9. The van der Waals surface area contributed by atoms with Crippen LogP contribution in [0.15, 0.2) is 36.4 Å². The lowest BCUT2D eigenvalue weighted by atomic mass is 9.86. The van der Waals surface area contributed by atoms with Gasteiger partial charge < -0.3 is 15.2 Å². The zero-order chi connectivity index (χ0) is 17.6. The Morgan fingerprint density at radius 2 is 1.92 bits per heavy atom. The Morgan fingerprint density at radius 3 is 2.60 bits per heavy atom. The number of rotatable bonds is 6. The molecule has 6 nitrogen and oxygen atoms in total. The monoisotopic (exact) mass is 341 g/mol. The number of aryl methyl sites for hydroxylation is 1. The highest BCUT2D eigenvalue weighted by Crippen LogP contribution is 2.26. The molecule has 1 heterocycles. The molecule has 0 bridgehead atoms.